The number of ether oxygens (including phenoxy) is 3. The maximum absolute atomic E-state index is 11.0. The van der Waals surface area contributed by atoms with Gasteiger partial charge in [0.25, 0.3) is 0 Å². The molecule has 0 atom stereocenters. The van der Waals surface area contributed by atoms with E-state index >= 15 is 0 Å². The normalized spacial score (nSPS) is 8.27. The second kappa shape index (κ2) is 21.3. The monoisotopic (exact) mass is 462 g/mol. The molecule has 0 saturated carbocycles. The van der Waals surface area contributed by atoms with Crippen LogP contribution in [0.3, 0.4) is 0 Å². The van der Waals surface area contributed by atoms with Gasteiger partial charge in [0, 0.05) is 22.8 Å². The topological polar surface area (TPSA) is 116 Å². The number of aliphatic carboxylic acids is 1. The number of benzene rings is 1. The maximum atomic E-state index is 11.0. The number of hydrogen-bond acceptors (Lipinski definition) is 7. The first-order valence-corrected chi connectivity index (χ1v) is 9.62. The van der Waals surface area contributed by atoms with Gasteiger partial charge in [-0.25, -0.2) is 19.2 Å². The molecule has 1 N–H and O–H groups in total. The van der Waals surface area contributed by atoms with E-state index in [1.165, 1.54) is 14.0 Å². The van der Waals surface area contributed by atoms with Crippen LogP contribution in [0, 0.1) is 0 Å². The molecule has 1 aromatic rings. The first-order valence-electron chi connectivity index (χ1n) is 9.62. The van der Waals surface area contributed by atoms with E-state index in [2.05, 4.69) is 35.8 Å². The molecule has 0 saturated heterocycles. The van der Waals surface area contributed by atoms with Crippen molar-refractivity contribution >= 4 is 23.9 Å². The van der Waals surface area contributed by atoms with Crippen molar-refractivity contribution in [3.8, 4) is 0 Å². The number of carbonyl (C=O) groups excluding carboxylic acids is 3. The Bertz CT molecular complexity index is 793. The van der Waals surface area contributed by atoms with Crippen LogP contribution in [-0.4, -0.2) is 42.7 Å². The third kappa shape index (κ3) is 24.2. The van der Waals surface area contributed by atoms with Gasteiger partial charge < -0.3 is 19.3 Å². The van der Waals surface area contributed by atoms with Crippen LogP contribution < -0.4 is 0 Å². The van der Waals surface area contributed by atoms with Gasteiger partial charge in [-0.1, -0.05) is 56.6 Å². The molecule has 8 nitrogen and oxygen atoms in total. The zero-order valence-corrected chi connectivity index (χ0v) is 20.0. The first-order chi connectivity index (χ1) is 15.3. The Morgan fingerprint density at radius 2 is 1.33 bits per heavy atom. The molecule has 33 heavy (non-hydrogen) atoms. The van der Waals surface area contributed by atoms with E-state index in [1.807, 2.05) is 30.3 Å². The van der Waals surface area contributed by atoms with Gasteiger partial charge in [0.1, 0.15) is 6.61 Å². The Labute approximate surface area is 195 Å². The van der Waals surface area contributed by atoms with E-state index in [0.717, 1.165) is 11.6 Å². The summed E-state index contributed by atoms with van der Waals surface area (Å²) in [4.78, 5) is 40.9. The van der Waals surface area contributed by atoms with Gasteiger partial charge in [-0.3, -0.25) is 0 Å². The molecule has 0 amide bonds. The zero-order chi connectivity index (χ0) is 26.4. The molecule has 0 spiro atoms. The molecule has 0 aromatic heterocycles. The van der Waals surface area contributed by atoms with Crippen LogP contribution in [0.2, 0.25) is 0 Å². The summed E-state index contributed by atoms with van der Waals surface area (Å²) in [7, 11) is 1.33. The Hall–Kier alpha value is -3.94. The second-order valence-electron chi connectivity index (χ2n) is 6.16. The fourth-order valence-electron chi connectivity index (χ4n) is 1.22. The van der Waals surface area contributed by atoms with E-state index in [0.29, 0.717) is 24.4 Å². The van der Waals surface area contributed by atoms with Crippen molar-refractivity contribution in [2.45, 2.75) is 34.3 Å². The lowest BCUT2D eigenvalue weighted by atomic mass is 10.2. The number of carboxylic acid groups (broad SMARTS) is 1. The van der Waals surface area contributed by atoms with Crippen molar-refractivity contribution in [3.63, 3.8) is 0 Å². The molecular weight excluding hydrogens is 428 g/mol. The van der Waals surface area contributed by atoms with Crippen LogP contribution in [0.15, 0.2) is 79.4 Å². The zero-order valence-electron chi connectivity index (χ0n) is 20.0. The van der Waals surface area contributed by atoms with Crippen LogP contribution >= 0.6 is 0 Å². The highest BCUT2D eigenvalue weighted by atomic mass is 16.5. The van der Waals surface area contributed by atoms with Crippen molar-refractivity contribution in [1.29, 1.82) is 0 Å². The molecule has 0 aliphatic carbocycles. The highest BCUT2D eigenvalue weighted by Gasteiger charge is 2.02. The summed E-state index contributed by atoms with van der Waals surface area (Å²) in [6.45, 7) is 20.4. The summed E-state index contributed by atoms with van der Waals surface area (Å²) in [5, 5.41) is 7.89. The largest absolute Gasteiger partial charge is 0.478 e. The number of carbonyl (C=O) groups is 4. The predicted molar refractivity (Wildman–Crippen MR) is 127 cm³/mol. The Morgan fingerprint density at radius 3 is 1.58 bits per heavy atom. The van der Waals surface area contributed by atoms with Crippen molar-refractivity contribution < 1.29 is 38.5 Å². The smallest absolute Gasteiger partial charge is 0.333 e. The number of hydrogen-bond donors (Lipinski definition) is 1. The van der Waals surface area contributed by atoms with Gasteiger partial charge in [0.2, 0.25) is 0 Å². The van der Waals surface area contributed by atoms with Crippen molar-refractivity contribution in [3.05, 3.63) is 85.0 Å². The van der Waals surface area contributed by atoms with E-state index in [9.17, 15) is 19.2 Å². The maximum Gasteiger partial charge on any atom is 0.333 e. The van der Waals surface area contributed by atoms with E-state index in [1.54, 1.807) is 20.8 Å². The van der Waals surface area contributed by atoms with Gasteiger partial charge in [0.05, 0.1) is 13.7 Å². The Kier molecular flexibility index (Phi) is 21.7. The molecule has 0 heterocycles. The molecule has 0 aliphatic heterocycles. The molecule has 182 valence electrons. The molecule has 0 unspecified atom stereocenters. The molecular formula is C25H34O8. The lowest BCUT2D eigenvalue weighted by Gasteiger charge is -2.03. The first kappa shape index (κ1) is 33.7. The minimum atomic E-state index is -0.935. The van der Waals surface area contributed by atoms with Gasteiger partial charge in [-0.05, 0) is 33.3 Å². The van der Waals surface area contributed by atoms with E-state index in [4.69, 9.17) is 9.84 Å². The minimum absolute atomic E-state index is 0.176. The van der Waals surface area contributed by atoms with Crippen LogP contribution in [0.25, 0.3) is 0 Å². The third-order valence-corrected chi connectivity index (χ3v) is 2.91. The average Bonchev–Trinajstić information content (AvgIpc) is 2.78. The Morgan fingerprint density at radius 1 is 0.879 bits per heavy atom. The van der Waals surface area contributed by atoms with Crippen LogP contribution in [0.4, 0.5) is 0 Å². The average molecular weight is 463 g/mol. The SMILES string of the molecule is C=C(C)C(=O)O.C=C(C)C(=O)OC.C=C(C)C(=O)OCc1ccccc1.C=CC(=O)OCC. The molecule has 0 bridgehead atoms. The number of methoxy groups -OCH3 is 1. The summed E-state index contributed by atoms with van der Waals surface area (Å²) in [6.07, 6.45) is 1.14. The summed E-state index contributed by atoms with van der Waals surface area (Å²) in [5.74, 6) is -1.98. The van der Waals surface area contributed by atoms with E-state index in [-0.39, 0.29) is 23.5 Å². The van der Waals surface area contributed by atoms with Crippen LogP contribution in [0.1, 0.15) is 33.3 Å². The second-order valence-corrected chi connectivity index (χ2v) is 6.16. The molecule has 0 radical (unpaired) electrons. The fraction of sp³-hybridized carbons (Fsp3) is 0.280. The number of carboxylic acids is 1. The lowest BCUT2D eigenvalue weighted by molar-refractivity contribution is -0.140. The van der Waals surface area contributed by atoms with Gasteiger partial charge in [0.15, 0.2) is 0 Å². The molecule has 1 rings (SSSR count). The Balaban J connectivity index is -0.000000389. The summed E-state index contributed by atoms with van der Waals surface area (Å²) >= 11 is 0. The van der Waals surface area contributed by atoms with Gasteiger partial charge in [-0.15, -0.1) is 0 Å². The summed E-state index contributed by atoms with van der Waals surface area (Å²) in [6, 6.07) is 9.55. The van der Waals surface area contributed by atoms with Crippen LogP contribution in [0.5, 0.6) is 0 Å². The number of esters is 3. The number of rotatable bonds is 7. The standard InChI is InChI=1S/C11H12O2.2C5H8O2.C4H6O2/c1-9(2)11(12)13-8-10-6-4-3-5-7-10;1-4(2)5(6)7-3;1-3-5(6)7-4-2;1-3(2)4(5)6/h3-7H,1,8H2,2H3;1H2,2-3H3;3H,1,4H2,2H3;1H2,2H3,(H,5,6). The van der Waals surface area contributed by atoms with Gasteiger partial charge >= 0.3 is 23.9 Å². The molecule has 0 aliphatic rings. The lowest BCUT2D eigenvalue weighted by Crippen LogP contribution is -2.04. The van der Waals surface area contributed by atoms with Gasteiger partial charge in [-0.2, -0.15) is 0 Å². The van der Waals surface area contributed by atoms with Crippen LogP contribution in [-0.2, 0) is 40.0 Å². The highest BCUT2D eigenvalue weighted by molar-refractivity contribution is 5.87. The molecule has 8 heteroatoms. The van der Waals surface area contributed by atoms with Crippen molar-refractivity contribution in [2.75, 3.05) is 13.7 Å². The molecule has 0 fully saturated rings. The molecule has 1 aromatic carbocycles. The summed E-state index contributed by atoms with van der Waals surface area (Å²) < 4.78 is 13.7. The highest BCUT2D eigenvalue weighted by Crippen LogP contribution is 2.02. The van der Waals surface area contributed by atoms with Crippen molar-refractivity contribution in [1.82, 2.24) is 0 Å². The van der Waals surface area contributed by atoms with E-state index < -0.39 is 5.97 Å². The minimum Gasteiger partial charge on any atom is -0.478 e. The fourth-order valence-corrected chi connectivity index (χ4v) is 1.22. The van der Waals surface area contributed by atoms with Crippen molar-refractivity contribution in [2.24, 2.45) is 0 Å². The predicted octanol–water partition coefficient (Wildman–Crippen LogP) is 4.42. The quantitative estimate of drug-likeness (QED) is 0.359. The third-order valence-electron chi connectivity index (χ3n) is 2.91. The summed E-state index contributed by atoms with van der Waals surface area (Å²) in [5.41, 5.74) is 2.02.